The van der Waals surface area contributed by atoms with E-state index in [1.807, 2.05) is 4.90 Å². The van der Waals surface area contributed by atoms with Gasteiger partial charge in [0.2, 0.25) is 0 Å². The second-order valence-electron chi connectivity index (χ2n) is 8.74. The molecule has 0 aromatic carbocycles. The summed E-state index contributed by atoms with van der Waals surface area (Å²) in [6.45, 7) is 8.61. The normalized spacial score (nSPS) is 23.8. The Labute approximate surface area is 182 Å². The number of ether oxygens (including phenoxy) is 2. The van der Waals surface area contributed by atoms with E-state index < -0.39 is 0 Å². The molecular weight excluding hydrogens is 380 g/mol. The zero-order chi connectivity index (χ0) is 21.0. The predicted molar refractivity (Wildman–Crippen MR) is 120 cm³/mol. The van der Waals surface area contributed by atoms with Crippen molar-refractivity contribution in [1.82, 2.24) is 15.1 Å². The number of nitrogens with zero attached hydrogens (tertiary/aromatic N) is 3. The summed E-state index contributed by atoms with van der Waals surface area (Å²) in [7, 11) is 0. The summed E-state index contributed by atoms with van der Waals surface area (Å²) in [5.74, 6) is 1.16. The molecule has 3 aliphatic rings. The number of guanidine groups is 1. The van der Waals surface area contributed by atoms with Crippen LogP contribution in [0.25, 0.3) is 0 Å². The first-order valence-corrected chi connectivity index (χ1v) is 12.3. The van der Waals surface area contributed by atoms with Crippen LogP contribution in [-0.4, -0.2) is 86.4 Å². The maximum atomic E-state index is 12.5. The van der Waals surface area contributed by atoms with Crippen LogP contribution in [0.4, 0.5) is 0 Å². The maximum Gasteiger partial charge on any atom is 0.251 e. The molecule has 3 fully saturated rings. The van der Waals surface area contributed by atoms with Crippen LogP contribution < -0.4 is 5.32 Å². The number of hydrogen-bond donors (Lipinski definition) is 1. The fourth-order valence-corrected chi connectivity index (χ4v) is 4.60. The van der Waals surface area contributed by atoms with E-state index >= 15 is 0 Å². The van der Waals surface area contributed by atoms with Crippen LogP contribution in [-0.2, 0) is 14.3 Å². The van der Waals surface area contributed by atoms with E-state index in [2.05, 4.69) is 17.1 Å². The molecule has 30 heavy (non-hydrogen) atoms. The zero-order valence-electron chi connectivity index (χ0n) is 18.9. The highest BCUT2D eigenvalue weighted by molar-refractivity contribution is 5.82. The van der Waals surface area contributed by atoms with Crippen molar-refractivity contribution in [3.05, 3.63) is 0 Å². The predicted octanol–water partition coefficient (Wildman–Crippen LogP) is 2.79. The van der Waals surface area contributed by atoms with Gasteiger partial charge in [-0.15, -0.1) is 0 Å². The Kier molecular flexibility index (Phi) is 10.2. The lowest BCUT2D eigenvalue weighted by molar-refractivity contribution is -0.142. The number of hydrogen-bond acceptors (Lipinski definition) is 4. The molecule has 1 unspecified atom stereocenters. The monoisotopic (exact) mass is 422 g/mol. The third-order valence-corrected chi connectivity index (χ3v) is 6.40. The van der Waals surface area contributed by atoms with Crippen molar-refractivity contribution in [2.75, 3.05) is 52.5 Å². The molecule has 7 nitrogen and oxygen atoms in total. The number of piperazine rings is 1. The molecule has 1 atom stereocenters. The van der Waals surface area contributed by atoms with Crippen LogP contribution in [0.5, 0.6) is 0 Å². The van der Waals surface area contributed by atoms with Gasteiger partial charge in [0.25, 0.3) is 5.91 Å². The largest absolute Gasteiger partial charge is 0.378 e. The van der Waals surface area contributed by atoms with Gasteiger partial charge in [0, 0.05) is 52.5 Å². The van der Waals surface area contributed by atoms with Gasteiger partial charge in [-0.05, 0) is 51.9 Å². The van der Waals surface area contributed by atoms with Crippen molar-refractivity contribution < 1.29 is 14.3 Å². The molecule has 2 saturated heterocycles. The number of carbonyl (C=O) groups excluding carboxylic acids is 1. The lowest BCUT2D eigenvalue weighted by Gasteiger charge is -2.37. The average molecular weight is 423 g/mol. The van der Waals surface area contributed by atoms with Crippen LogP contribution in [0, 0.1) is 0 Å². The fraction of sp³-hybridized carbons (Fsp3) is 0.913. The second kappa shape index (κ2) is 13.2. The highest BCUT2D eigenvalue weighted by Crippen LogP contribution is 2.20. The molecule has 3 rings (SSSR count). The van der Waals surface area contributed by atoms with Gasteiger partial charge < -0.3 is 24.6 Å². The number of aliphatic imine (C=N–C) groups is 1. The Morgan fingerprint density at radius 2 is 1.77 bits per heavy atom. The van der Waals surface area contributed by atoms with Gasteiger partial charge in [-0.3, -0.25) is 9.79 Å². The van der Waals surface area contributed by atoms with E-state index in [0.29, 0.717) is 6.10 Å². The van der Waals surface area contributed by atoms with E-state index in [1.54, 1.807) is 0 Å². The van der Waals surface area contributed by atoms with Crippen molar-refractivity contribution in [2.24, 2.45) is 4.99 Å². The molecule has 1 amide bonds. The van der Waals surface area contributed by atoms with Crippen molar-refractivity contribution in [3.63, 3.8) is 0 Å². The van der Waals surface area contributed by atoms with E-state index in [-0.39, 0.29) is 12.0 Å². The topological polar surface area (TPSA) is 66.4 Å². The minimum absolute atomic E-state index is 0.171. The molecule has 0 aromatic heterocycles. The van der Waals surface area contributed by atoms with Gasteiger partial charge in [-0.2, -0.15) is 0 Å². The minimum Gasteiger partial charge on any atom is -0.378 e. The summed E-state index contributed by atoms with van der Waals surface area (Å²) < 4.78 is 11.6. The standard InChI is InChI=1S/C23H42N4O3/c1-2-24-23(25-13-7-4-8-18-29-20-10-5-3-6-11-20)27-16-14-26(15-17-27)22(28)21-12-9-19-30-21/h20-21H,2-19H2,1H3,(H,24,25). The van der Waals surface area contributed by atoms with Gasteiger partial charge >= 0.3 is 0 Å². The van der Waals surface area contributed by atoms with E-state index in [4.69, 9.17) is 14.5 Å². The first-order valence-electron chi connectivity index (χ1n) is 12.3. The number of amides is 1. The van der Waals surface area contributed by atoms with Crippen LogP contribution in [0.1, 0.15) is 71.1 Å². The number of carbonyl (C=O) groups is 1. The van der Waals surface area contributed by atoms with E-state index in [1.165, 1.54) is 38.5 Å². The number of nitrogens with one attached hydrogen (secondary N) is 1. The number of rotatable bonds is 9. The summed E-state index contributed by atoms with van der Waals surface area (Å²) >= 11 is 0. The molecule has 1 saturated carbocycles. The van der Waals surface area contributed by atoms with Crippen LogP contribution in [0.2, 0.25) is 0 Å². The van der Waals surface area contributed by atoms with Gasteiger partial charge in [0.15, 0.2) is 5.96 Å². The Morgan fingerprint density at radius 1 is 1.00 bits per heavy atom. The SMILES string of the molecule is CCNC(=NCCCCCOC1CCCCC1)N1CCN(C(=O)C2CCCO2)CC1. The molecule has 2 aliphatic heterocycles. The molecule has 172 valence electrons. The molecule has 2 heterocycles. The van der Waals surface area contributed by atoms with Gasteiger partial charge in [-0.1, -0.05) is 19.3 Å². The first-order chi connectivity index (χ1) is 14.8. The highest BCUT2D eigenvalue weighted by Gasteiger charge is 2.30. The molecular formula is C23H42N4O3. The molecule has 7 heteroatoms. The first kappa shape index (κ1) is 23.3. The molecule has 0 radical (unpaired) electrons. The smallest absolute Gasteiger partial charge is 0.251 e. The third kappa shape index (κ3) is 7.41. The van der Waals surface area contributed by atoms with Crippen LogP contribution in [0.15, 0.2) is 4.99 Å². The molecule has 0 aromatic rings. The average Bonchev–Trinajstić information content (AvgIpc) is 3.33. The van der Waals surface area contributed by atoms with Crippen LogP contribution >= 0.6 is 0 Å². The fourth-order valence-electron chi connectivity index (χ4n) is 4.60. The van der Waals surface area contributed by atoms with Crippen molar-refractivity contribution in [1.29, 1.82) is 0 Å². The zero-order valence-corrected chi connectivity index (χ0v) is 18.9. The van der Waals surface area contributed by atoms with Gasteiger partial charge in [-0.25, -0.2) is 0 Å². The molecule has 1 aliphatic carbocycles. The lowest BCUT2D eigenvalue weighted by atomic mass is 9.98. The van der Waals surface area contributed by atoms with Crippen molar-refractivity contribution >= 4 is 11.9 Å². The van der Waals surface area contributed by atoms with Crippen molar-refractivity contribution in [3.8, 4) is 0 Å². The highest BCUT2D eigenvalue weighted by atomic mass is 16.5. The maximum absolute atomic E-state index is 12.5. The summed E-state index contributed by atoms with van der Waals surface area (Å²) in [6, 6.07) is 0. The second-order valence-corrected chi connectivity index (χ2v) is 8.74. The summed E-state index contributed by atoms with van der Waals surface area (Å²) in [5, 5.41) is 3.42. The van der Waals surface area contributed by atoms with Crippen molar-refractivity contribution in [2.45, 2.75) is 83.3 Å². The molecule has 0 bridgehead atoms. The molecule has 0 spiro atoms. The Balaban J connectivity index is 1.31. The molecule has 1 N–H and O–H groups in total. The Morgan fingerprint density at radius 3 is 2.47 bits per heavy atom. The third-order valence-electron chi connectivity index (χ3n) is 6.40. The van der Waals surface area contributed by atoms with Crippen LogP contribution in [0.3, 0.4) is 0 Å². The minimum atomic E-state index is -0.208. The van der Waals surface area contributed by atoms with E-state index in [0.717, 1.165) is 84.1 Å². The van der Waals surface area contributed by atoms with Gasteiger partial charge in [0.05, 0.1) is 6.10 Å². The Hall–Kier alpha value is -1.34. The summed E-state index contributed by atoms with van der Waals surface area (Å²) in [4.78, 5) is 21.6. The Bertz CT molecular complexity index is 523. The van der Waals surface area contributed by atoms with E-state index in [9.17, 15) is 4.79 Å². The summed E-state index contributed by atoms with van der Waals surface area (Å²) in [5.41, 5.74) is 0. The lowest BCUT2D eigenvalue weighted by Crippen LogP contribution is -2.55. The quantitative estimate of drug-likeness (QED) is 0.352. The van der Waals surface area contributed by atoms with Gasteiger partial charge in [0.1, 0.15) is 6.10 Å². The number of unbranched alkanes of at least 4 members (excludes halogenated alkanes) is 2. The summed E-state index contributed by atoms with van der Waals surface area (Å²) in [6.07, 6.45) is 12.1.